The summed E-state index contributed by atoms with van der Waals surface area (Å²) in [5.74, 6) is -0.105. The number of ketones is 1. The number of carbonyl (C=O) groups is 2. The van der Waals surface area contributed by atoms with Crippen molar-refractivity contribution in [2.24, 2.45) is 0 Å². The van der Waals surface area contributed by atoms with Crippen molar-refractivity contribution in [2.45, 2.75) is 32.4 Å². The Labute approximate surface area is 189 Å². The van der Waals surface area contributed by atoms with Crippen LogP contribution in [0, 0.1) is 0 Å². The van der Waals surface area contributed by atoms with Crippen LogP contribution in [0.3, 0.4) is 0 Å². The van der Waals surface area contributed by atoms with Gasteiger partial charge in [-0.3, -0.25) is 10.1 Å². The monoisotopic (exact) mass is 428 g/mol. The quantitative estimate of drug-likeness (QED) is 0.423. The Morgan fingerprint density at radius 1 is 0.812 bits per heavy atom. The fourth-order valence-corrected chi connectivity index (χ4v) is 3.09. The topological polar surface area (TPSA) is 67.4 Å². The zero-order chi connectivity index (χ0) is 23.0. The number of amides is 1. The van der Waals surface area contributed by atoms with E-state index >= 15 is 0 Å². The molecule has 0 saturated carbocycles. The largest absolute Gasteiger partial charge is 0.444 e. The predicted molar refractivity (Wildman–Crippen MR) is 130 cm³/mol. The highest BCUT2D eigenvalue weighted by atomic mass is 16.6. The summed E-state index contributed by atoms with van der Waals surface area (Å²) in [6.07, 6.45) is 2.81. The lowest BCUT2D eigenvalue weighted by atomic mass is 10.0. The number of rotatable bonds is 7. The van der Waals surface area contributed by atoms with Gasteiger partial charge in [-0.25, -0.2) is 4.79 Å². The van der Waals surface area contributed by atoms with Gasteiger partial charge in [0.2, 0.25) is 0 Å². The number of para-hydroxylation sites is 2. The first-order valence-corrected chi connectivity index (χ1v) is 10.5. The molecule has 3 rings (SSSR count). The second-order valence-electron chi connectivity index (χ2n) is 8.31. The first-order valence-electron chi connectivity index (χ1n) is 10.5. The average Bonchev–Trinajstić information content (AvgIpc) is 2.77. The molecule has 0 heterocycles. The number of nitrogens with one attached hydrogen (secondary N) is 2. The molecule has 0 radical (unpaired) electrons. The first-order chi connectivity index (χ1) is 15.3. The number of ether oxygens (including phenoxy) is 1. The van der Waals surface area contributed by atoms with Gasteiger partial charge in [-0.2, -0.15) is 0 Å². The fraction of sp³-hybridized carbons (Fsp3) is 0.185. The van der Waals surface area contributed by atoms with Gasteiger partial charge in [-0.1, -0.05) is 78.9 Å². The van der Waals surface area contributed by atoms with Crippen LogP contribution in [-0.4, -0.2) is 17.5 Å². The highest BCUT2D eigenvalue weighted by Gasteiger charge is 2.21. The predicted octanol–water partition coefficient (Wildman–Crippen LogP) is 6.47. The molecule has 164 valence electrons. The Bertz CT molecular complexity index is 1070. The molecule has 0 saturated heterocycles. The van der Waals surface area contributed by atoms with E-state index in [2.05, 4.69) is 10.6 Å². The second kappa shape index (κ2) is 10.4. The summed E-state index contributed by atoms with van der Waals surface area (Å²) in [5.41, 5.74) is 2.30. The zero-order valence-electron chi connectivity index (χ0n) is 18.5. The molecule has 0 aliphatic carbocycles. The van der Waals surface area contributed by atoms with Crippen molar-refractivity contribution in [3.05, 3.63) is 102 Å². The summed E-state index contributed by atoms with van der Waals surface area (Å²) < 4.78 is 5.37. The molecule has 0 spiro atoms. The van der Waals surface area contributed by atoms with Crippen molar-refractivity contribution < 1.29 is 14.3 Å². The highest BCUT2D eigenvalue weighted by molar-refractivity contribution is 6.00. The third kappa shape index (κ3) is 6.84. The standard InChI is InChI=1S/C27H28N2O3/c1-27(2,3)32-26(31)29-23-17-11-10-16-22(23)28-25(21-14-8-5-9-15-21)24(30)19-18-20-12-6-4-7-13-20/h4-19,25,28H,1-3H3,(H,29,31)/b19-18+. The molecular formula is C27H28N2O3. The van der Waals surface area contributed by atoms with Gasteiger partial charge in [-0.15, -0.1) is 0 Å². The first kappa shape index (κ1) is 22.8. The van der Waals surface area contributed by atoms with Crippen molar-refractivity contribution in [3.63, 3.8) is 0 Å². The molecule has 0 aliphatic rings. The van der Waals surface area contributed by atoms with E-state index in [4.69, 9.17) is 4.74 Å². The molecule has 1 amide bonds. The van der Waals surface area contributed by atoms with E-state index in [-0.39, 0.29) is 5.78 Å². The minimum atomic E-state index is -0.627. The smallest absolute Gasteiger partial charge is 0.412 e. The van der Waals surface area contributed by atoms with E-state index in [1.54, 1.807) is 39.0 Å². The van der Waals surface area contributed by atoms with Gasteiger partial charge in [-0.05, 0) is 50.1 Å². The maximum Gasteiger partial charge on any atom is 0.412 e. The van der Waals surface area contributed by atoms with Crippen LogP contribution in [0.4, 0.5) is 16.2 Å². The highest BCUT2D eigenvalue weighted by Crippen LogP contribution is 2.28. The van der Waals surface area contributed by atoms with Crippen LogP contribution in [0.25, 0.3) is 6.08 Å². The minimum Gasteiger partial charge on any atom is -0.444 e. The summed E-state index contributed by atoms with van der Waals surface area (Å²) in [6, 6.07) is 25.8. The Hall–Kier alpha value is -3.86. The van der Waals surface area contributed by atoms with Gasteiger partial charge in [0.15, 0.2) is 5.78 Å². The maximum absolute atomic E-state index is 13.2. The van der Waals surface area contributed by atoms with Crippen LogP contribution in [0.2, 0.25) is 0 Å². The molecule has 2 N–H and O–H groups in total. The molecule has 32 heavy (non-hydrogen) atoms. The Balaban J connectivity index is 1.85. The molecule has 1 atom stereocenters. The van der Waals surface area contributed by atoms with Gasteiger partial charge in [0.1, 0.15) is 11.6 Å². The molecule has 1 unspecified atom stereocenters. The number of hydrogen-bond acceptors (Lipinski definition) is 4. The van der Waals surface area contributed by atoms with Gasteiger partial charge < -0.3 is 10.1 Å². The van der Waals surface area contributed by atoms with Crippen molar-refractivity contribution in [1.82, 2.24) is 0 Å². The molecule has 3 aromatic rings. The SMILES string of the molecule is CC(C)(C)OC(=O)Nc1ccccc1NC(C(=O)/C=C/c1ccccc1)c1ccccc1. The molecular weight excluding hydrogens is 400 g/mol. The Kier molecular flexibility index (Phi) is 7.45. The lowest BCUT2D eigenvalue weighted by Crippen LogP contribution is -2.27. The van der Waals surface area contributed by atoms with E-state index < -0.39 is 17.7 Å². The summed E-state index contributed by atoms with van der Waals surface area (Å²) in [4.78, 5) is 25.5. The van der Waals surface area contributed by atoms with Crippen LogP contribution in [0.15, 0.2) is 91.0 Å². The molecule has 0 bridgehead atoms. The van der Waals surface area contributed by atoms with Crippen molar-refractivity contribution in [3.8, 4) is 0 Å². The molecule has 0 aromatic heterocycles. The number of hydrogen-bond donors (Lipinski definition) is 2. The number of carbonyl (C=O) groups excluding carboxylic acids is 2. The van der Waals surface area contributed by atoms with Gasteiger partial charge in [0.05, 0.1) is 11.4 Å². The molecule has 5 nitrogen and oxygen atoms in total. The van der Waals surface area contributed by atoms with E-state index in [9.17, 15) is 9.59 Å². The summed E-state index contributed by atoms with van der Waals surface area (Å²) in [6.45, 7) is 5.42. The van der Waals surface area contributed by atoms with Gasteiger partial charge in [0.25, 0.3) is 0 Å². The normalized spacial score (nSPS) is 12.2. The molecule has 5 heteroatoms. The van der Waals surface area contributed by atoms with E-state index in [1.165, 1.54) is 0 Å². The minimum absolute atomic E-state index is 0.105. The zero-order valence-corrected chi connectivity index (χ0v) is 18.5. The number of benzene rings is 3. The fourth-order valence-electron chi connectivity index (χ4n) is 3.09. The maximum atomic E-state index is 13.2. The average molecular weight is 429 g/mol. The van der Waals surface area contributed by atoms with Crippen LogP contribution in [0.1, 0.15) is 37.9 Å². The van der Waals surface area contributed by atoms with E-state index in [0.717, 1.165) is 11.1 Å². The van der Waals surface area contributed by atoms with Crippen molar-refractivity contribution in [2.75, 3.05) is 10.6 Å². The van der Waals surface area contributed by atoms with Crippen molar-refractivity contribution in [1.29, 1.82) is 0 Å². The van der Waals surface area contributed by atoms with E-state index in [1.807, 2.05) is 78.9 Å². The lowest BCUT2D eigenvalue weighted by molar-refractivity contribution is -0.115. The lowest BCUT2D eigenvalue weighted by Gasteiger charge is -2.22. The third-order valence-electron chi connectivity index (χ3n) is 4.52. The van der Waals surface area contributed by atoms with E-state index in [0.29, 0.717) is 11.4 Å². The van der Waals surface area contributed by atoms with Gasteiger partial charge in [0, 0.05) is 0 Å². The Morgan fingerprint density at radius 2 is 1.38 bits per heavy atom. The third-order valence-corrected chi connectivity index (χ3v) is 4.52. The molecule has 0 fully saturated rings. The summed E-state index contributed by atoms with van der Waals surface area (Å²) in [5, 5.41) is 6.06. The summed E-state index contributed by atoms with van der Waals surface area (Å²) >= 11 is 0. The number of anilines is 2. The van der Waals surface area contributed by atoms with Crippen LogP contribution in [0.5, 0.6) is 0 Å². The summed E-state index contributed by atoms with van der Waals surface area (Å²) in [7, 11) is 0. The van der Waals surface area contributed by atoms with Crippen LogP contribution < -0.4 is 10.6 Å². The van der Waals surface area contributed by atoms with Crippen LogP contribution in [-0.2, 0) is 9.53 Å². The van der Waals surface area contributed by atoms with Crippen molar-refractivity contribution >= 4 is 29.3 Å². The second-order valence-corrected chi connectivity index (χ2v) is 8.31. The molecule has 0 aliphatic heterocycles. The van der Waals surface area contributed by atoms with Crippen LogP contribution >= 0.6 is 0 Å². The molecule has 3 aromatic carbocycles. The van der Waals surface area contributed by atoms with Gasteiger partial charge >= 0.3 is 6.09 Å². The Morgan fingerprint density at radius 3 is 2.00 bits per heavy atom.